The molecule has 3 aliphatic rings. The summed E-state index contributed by atoms with van der Waals surface area (Å²) in [6.45, 7) is 13.6. The van der Waals surface area contributed by atoms with Crippen LogP contribution in [0.2, 0.25) is 0 Å². The minimum absolute atomic E-state index is 0.0428. The fraction of sp³-hybridized carbons (Fsp3) is 0.750. The van der Waals surface area contributed by atoms with Gasteiger partial charge in [0.2, 0.25) is 0 Å². The number of esters is 1. The van der Waals surface area contributed by atoms with Crippen LogP contribution in [0.5, 0.6) is 0 Å². The van der Waals surface area contributed by atoms with Crippen LogP contribution in [0.25, 0.3) is 10.2 Å². The number of anilines is 1. The van der Waals surface area contributed by atoms with Crippen molar-refractivity contribution in [3.05, 3.63) is 23.8 Å². The van der Waals surface area contributed by atoms with Crippen molar-refractivity contribution >= 4 is 44.2 Å². The molecule has 14 atom stereocenters. The van der Waals surface area contributed by atoms with E-state index >= 15 is 0 Å². The molecule has 0 saturated carbocycles. The third-order valence-electron chi connectivity index (χ3n) is 11.8. The molecule has 3 aliphatic heterocycles. The van der Waals surface area contributed by atoms with E-state index in [0.717, 1.165) is 15.8 Å². The van der Waals surface area contributed by atoms with Crippen LogP contribution < -0.4 is 11.2 Å². The monoisotopic (exact) mass is 806 g/mol. The van der Waals surface area contributed by atoms with Gasteiger partial charge in [-0.05, 0) is 78.7 Å². The zero-order valence-electron chi connectivity index (χ0n) is 34.4. The number of hydrogen-bond acceptors (Lipinski definition) is 16. The number of aliphatic hydroxyl groups is 2. The predicted octanol–water partition coefficient (Wildman–Crippen LogP) is 3.41. The molecule has 1 aromatic carbocycles. The van der Waals surface area contributed by atoms with Gasteiger partial charge in [0.25, 0.3) is 0 Å². The average Bonchev–Trinajstić information content (AvgIpc) is 3.52. The molecule has 0 spiro atoms. The minimum Gasteiger partial charge on any atom is -0.459 e. The van der Waals surface area contributed by atoms with Crippen LogP contribution in [-0.2, 0) is 49.5 Å². The number of aliphatic hydroxyl groups excluding tert-OH is 1. The van der Waals surface area contributed by atoms with Crippen LogP contribution in [0.3, 0.4) is 0 Å². The minimum atomic E-state index is -1.84. The second kappa shape index (κ2) is 18.1. The SMILES string of the molecule is CC[C@H]1OC(=O)[C@H](C)C(=O)[C@H](C)[C@@H](O[C@@H]2O[C@H](C)C[C@H](N(C)C)[C@H]2O)[C@@]2(C)C[C@@H](C)C(=O)[C@H](C)[C@@H](OCC(NOCc3ccc4nc(N)sc4c3)CO2)[C@]1(C)O. The van der Waals surface area contributed by atoms with Crippen molar-refractivity contribution in [2.75, 3.05) is 33.0 Å². The molecule has 4 heterocycles. The molecule has 5 rings (SSSR count). The second-order valence-electron chi connectivity index (χ2n) is 16.7. The Morgan fingerprint density at radius 3 is 2.46 bits per heavy atom. The van der Waals surface area contributed by atoms with Crippen molar-refractivity contribution in [2.24, 2.45) is 23.7 Å². The number of carbonyl (C=O) groups is 3. The van der Waals surface area contributed by atoms with Crippen LogP contribution in [0.15, 0.2) is 18.2 Å². The maximum Gasteiger partial charge on any atom is 0.316 e. The number of carbonyl (C=O) groups excluding carboxylic acids is 3. The first-order chi connectivity index (χ1) is 26.3. The van der Waals surface area contributed by atoms with Gasteiger partial charge in [0, 0.05) is 23.8 Å². The van der Waals surface area contributed by atoms with Gasteiger partial charge in [0.15, 0.2) is 17.2 Å². The Morgan fingerprint density at radius 2 is 1.79 bits per heavy atom. The van der Waals surface area contributed by atoms with E-state index in [1.807, 2.05) is 44.1 Å². The van der Waals surface area contributed by atoms with Crippen molar-refractivity contribution in [2.45, 2.75) is 141 Å². The summed E-state index contributed by atoms with van der Waals surface area (Å²) in [6.07, 6.45) is -5.08. The fourth-order valence-corrected chi connectivity index (χ4v) is 9.42. The van der Waals surface area contributed by atoms with Gasteiger partial charge in [-0.3, -0.25) is 19.2 Å². The summed E-state index contributed by atoms with van der Waals surface area (Å²) in [4.78, 5) is 54.8. The van der Waals surface area contributed by atoms with Crippen molar-refractivity contribution in [3.8, 4) is 0 Å². The van der Waals surface area contributed by atoms with Gasteiger partial charge in [-0.25, -0.2) is 4.98 Å². The van der Waals surface area contributed by atoms with Gasteiger partial charge in [0.1, 0.15) is 29.5 Å². The van der Waals surface area contributed by atoms with Crippen LogP contribution in [0.4, 0.5) is 5.13 Å². The first-order valence-corrected chi connectivity index (χ1v) is 20.5. The van der Waals surface area contributed by atoms with Crippen molar-refractivity contribution in [1.29, 1.82) is 0 Å². The van der Waals surface area contributed by atoms with Crippen molar-refractivity contribution in [1.82, 2.24) is 15.4 Å². The smallest absolute Gasteiger partial charge is 0.316 e. The largest absolute Gasteiger partial charge is 0.459 e. The zero-order valence-corrected chi connectivity index (χ0v) is 35.2. The number of aromatic nitrogens is 1. The molecule has 2 aromatic rings. The molecular weight excluding hydrogens is 745 g/mol. The van der Waals surface area contributed by atoms with E-state index in [-0.39, 0.29) is 50.6 Å². The lowest BCUT2D eigenvalue weighted by molar-refractivity contribution is -0.298. The van der Waals surface area contributed by atoms with E-state index in [2.05, 4.69) is 10.5 Å². The summed E-state index contributed by atoms with van der Waals surface area (Å²) < 4.78 is 33.1. The number of likely N-dealkylation sites (N-methyl/N-ethyl adjacent to an activating group) is 1. The highest BCUT2D eigenvalue weighted by atomic mass is 32.1. The number of ether oxygens (including phenoxy) is 5. The maximum atomic E-state index is 14.4. The molecule has 314 valence electrons. The van der Waals surface area contributed by atoms with Gasteiger partial charge >= 0.3 is 5.97 Å². The second-order valence-corrected chi connectivity index (χ2v) is 17.8. The number of rotatable bonds is 8. The van der Waals surface area contributed by atoms with Crippen molar-refractivity contribution in [3.63, 3.8) is 0 Å². The lowest BCUT2D eigenvalue weighted by Gasteiger charge is -2.47. The number of cyclic esters (lactones) is 1. The maximum absolute atomic E-state index is 14.4. The molecule has 0 radical (unpaired) electrons. The number of fused-ring (bicyclic) bond motifs is 6. The van der Waals surface area contributed by atoms with Gasteiger partial charge in [-0.2, -0.15) is 5.48 Å². The number of nitrogen functional groups attached to an aromatic ring is 1. The highest BCUT2D eigenvalue weighted by Gasteiger charge is 2.53. The molecule has 3 saturated heterocycles. The summed E-state index contributed by atoms with van der Waals surface area (Å²) in [6, 6.07) is 4.74. The first-order valence-electron chi connectivity index (χ1n) is 19.7. The Morgan fingerprint density at radius 1 is 1.07 bits per heavy atom. The molecule has 5 N–H and O–H groups in total. The molecule has 56 heavy (non-hydrogen) atoms. The van der Waals surface area contributed by atoms with Gasteiger partial charge in [-0.15, -0.1) is 0 Å². The van der Waals surface area contributed by atoms with E-state index in [4.69, 9.17) is 34.3 Å². The van der Waals surface area contributed by atoms with Crippen LogP contribution in [0, 0.1) is 23.7 Å². The molecule has 16 heteroatoms. The number of nitrogens with zero attached hydrogens (tertiary/aromatic N) is 2. The number of hydroxylamine groups is 1. The van der Waals surface area contributed by atoms with Crippen LogP contribution in [0.1, 0.15) is 80.2 Å². The standard InChI is InChI=1S/C40H62N4O11S/c1-11-30-40(8,49)35-22(4)31(45)20(2)16-39(7,51-19-26(18-50-35)43-52-17-25-12-13-27-29(15-25)56-38(41)42-27)34(23(5)32(46)24(6)36(48)54-30)55-37-33(47)28(44(9)10)14-21(3)53-37/h12-13,15,20-24,26,28,30,33-35,37,43,47,49H,11,14,16-19H2,1-10H3,(H2,41,42)/t20-,21-,22+,23+,24-,26?,28+,30-,33-,34-,35-,37+,39-,40-/m1/s1. The highest BCUT2D eigenvalue weighted by molar-refractivity contribution is 7.22. The lowest BCUT2D eigenvalue weighted by atomic mass is 9.74. The van der Waals surface area contributed by atoms with Crippen molar-refractivity contribution < 1.29 is 53.1 Å². The normalized spacial score (nSPS) is 39.6. The highest BCUT2D eigenvalue weighted by Crippen LogP contribution is 2.40. The number of nitrogens with one attached hydrogen (secondary N) is 1. The third kappa shape index (κ3) is 9.62. The Bertz CT molecular complexity index is 1690. The summed E-state index contributed by atoms with van der Waals surface area (Å²) in [5.41, 5.74) is 7.43. The third-order valence-corrected chi connectivity index (χ3v) is 12.7. The van der Waals surface area contributed by atoms with Gasteiger partial charge < -0.3 is 44.5 Å². The van der Waals surface area contributed by atoms with E-state index in [9.17, 15) is 24.6 Å². The number of ketones is 2. The van der Waals surface area contributed by atoms with Gasteiger partial charge in [0.05, 0.1) is 60.0 Å². The Labute approximate surface area is 333 Å². The van der Waals surface area contributed by atoms with Crippen LogP contribution in [-0.4, -0.2) is 125 Å². The molecule has 3 fully saturated rings. The van der Waals surface area contributed by atoms with E-state index in [0.29, 0.717) is 11.6 Å². The zero-order chi connectivity index (χ0) is 41.3. The Balaban J connectivity index is 1.56. The summed E-state index contributed by atoms with van der Waals surface area (Å²) in [7, 11) is 3.73. The van der Waals surface area contributed by atoms with E-state index in [1.54, 1.807) is 34.6 Å². The average molecular weight is 807 g/mol. The summed E-state index contributed by atoms with van der Waals surface area (Å²) in [5, 5.41) is 24.2. The first kappa shape index (κ1) is 44.5. The summed E-state index contributed by atoms with van der Waals surface area (Å²) in [5.74, 6) is -5.32. The Kier molecular flexibility index (Phi) is 14.4. The fourth-order valence-electron chi connectivity index (χ4n) is 8.62. The topological polar surface area (TPSA) is 201 Å². The molecule has 1 unspecified atom stereocenters. The molecule has 0 aliphatic carbocycles. The molecule has 1 aromatic heterocycles. The van der Waals surface area contributed by atoms with Crippen LogP contribution >= 0.6 is 11.3 Å². The summed E-state index contributed by atoms with van der Waals surface area (Å²) >= 11 is 1.38. The lowest BCUT2D eigenvalue weighted by Crippen LogP contribution is -2.60. The number of benzene rings is 1. The number of hydrogen-bond donors (Lipinski definition) is 4. The molecule has 2 bridgehead atoms. The quantitative estimate of drug-likeness (QED) is 0.172. The molecule has 15 nitrogen and oxygen atoms in total. The number of nitrogens with two attached hydrogens (primary N) is 1. The number of Topliss-reactive ketones (excluding diaryl/α,β-unsaturated/α-hetero) is 2. The Hall–Kier alpha value is -2.64. The van der Waals surface area contributed by atoms with E-state index < -0.39 is 83.4 Å². The molecular formula is C40H62N4O11S. The predicted molar refractivity (Wildman–Crippen MR) is 209 cm³/mol. The van der Waals surface area contributed by atoms with E-state index in [1.165, 1.54) is 25.2 Å². The number of thiazole rings is 1. The van der Waals surface area contributed by atoms with Gasteiger partial charge in [-0.1, -0.05) is 45.1 Å². The molecule has 0 amide bonds.